The summed E-state index contributed by atoms with van der Waals surface area (Å²) in [4.78, 5) is 12.3. The molecule has 0 radical (unpaired) electrons. The Labute approximate surface area is 138 Å². The number of hydrogen-bond donors (Lipinski definition) is 1. The van der Waals surface area contributed by atoms with Crippen LogP contribution in [0.3, 0.4) is 0 Å². The Hall–Kier alpha value is -1.32. The Morgan fingerprint density at radius 2 is 1.90 bits per heavy atom. The molecule has 2 rings (SSSR count). The van der Waals surface area contributed by atoms with Crippen molar-refractivity contribution in [2.24, 2.45) is 0 Å². The highest BCUT2D eigenvalue weighted by Gasteiger charge is 2.13. The van der Waals surface area contributed by atoms with Crippen LogP contribution in [-0.2, 0) is 6.42 Å². The number of aryl methyl sites for hydroxylation is 1. The molecule has 0 saturated heterocycles. The van der Waals surface area contributed by atoms with Crippen LogP contribution in [0.2, 0.25) is 5.02 Å². The first-order chi connectivity index (χ1) is 9.95. The van der Waals surface area contributed by atoms with Gasteiger partial charge in [0.15, 0.2) is 0 Å². The number of hydrogen-bond acceptors (Lipinski definition) is 1. The predicted molar refractivity (Wildman–Crippen MR) is 91.0 cm³/mol. The molecule has 1 N–H and O–H groups in total. The summed E-state index contributed by atoms with van der Waals surface area (Å²) < 4.78 is 0.818. The van der Waals surface area contributed by atoms with Gasteiger partial charge in [-0.05, 0) is 71.6 Å². The van der Waals surface area contributed by atoms with Crippen molar-refractivity contribution < 1.29 is 4.79 Å². The highest BCUT2D eigenvalue weighted by Crippen LogP contribution is 2.18. The largest absolute Gasteiger partial charge is 0.349 e. The molecular formula is C17H17BrClNO. The molecule has 0 aliphatic carbocycles. The molecule has 1 amide bonds. The van der Waals surface area contributed by atoms with Crippen molar-refractivity contribution in [2.45, 2.75) is 26.3 Å². The van der Waals surface area contributed by atoms with Crippen molar-refractivity contribution in [3.8, 4) is 0 Å². The van der Waals surface area contributed by atoms with Gasteiger partial charge < -0.3 is 5.32 Å². The van der Waals surface area contributed by atoms with Crippen LogP contribution in [0.5, 0.6) is 0 Å². The quantitative estimate of drug-likeness (QED) is 0.829. The van der Waals surface area contributed by atoms with Crippen LogP contribution in [0.25, 0.3) is 0 Å². The Bertz CT molecular complexity index is 640. The summed E-state index contributed by atoms with van der Waals surface area (Å²) in [5.41, 5.74) is 2.92. The van der Waals surface area contributed by atoms with Gasteiger partial charge in [0.1, 0.15) is 0 Å². The zero-order chi connectivity index (χ0) is 15.4. The molecule has 110 valence electrons. The van der Waals surface area contributed by atoms with Crippen molar-refractivity contribution in [1.29, 1.82) is 0 Å². The average molecular weight is 367 g/mol. The van der Waals surface area contributed by atoms with Gasteiger partial charge in [0, 0.05) is 15.5 Å². The van der Waals surface area contributed by atoms with E-state index in [-0.39, 0.29) is 11.9 Å². The molecule has 0 heterocycles. The Kier molecular flexibility index (Phi) is 5.43. The normalized spacial score (nSPS) is 12.0. The van der Waals surface area contributed by atoms with E-state index in [4.69, 9.17) is 11.6 Å². The van der Waals surface area contributed by atoms with Gasteiger partial charge in [0.25, 0.3) is 5.91 Å². The molecule has 0 fully saturated rings. The van der Waals surface area contributed by atoms with Gasteiger partial charge in [-0.25, -0.2) is 0 Å². The summed E-state index contributed by atoms with van der Waals surface area (Å²) in [7, 11) is 0. The summed E-state index contributed by atoms with van der Waals surface area (Å²) in [5.74, 6) is -0.0664. The molecule has 0 aromatic heterocycles. The highest BCUT2D eigenvalue weighted by atomic mass is 79.9. The van der Waals surface area contributed by atoms with Crippen LogP contribution in [0.1, 0.15) is 28.4 Å². The fourth-order valence-electron chi connectivity index (χ4n) is 2.13. The fourth-order valence-corrected chi connectivity index (χ4v) is 2.93. The summed E-state index contributed by atoms with van der Waals surface area (Å²) in [5, 5.41) is 3.74. The number of carbonyl (C=O) groups excluding carboxylic acids is 1. The van der Waals surface area contributed by atoms with Crippen LogP contribution in [0.15, 0.2) is 46.9 Å². The first-order valence-corrected chi connectivity index (χ1v) is 7.94. The van der Waals surface area contributed by atoms with Crippen molar-refractivity contribution in [2.75, 3.05) is 0 Å². The van der Waals surface area contributed by atoms with Crippen LogP contribution in [0.4, 0.5) is 0 Å². The molecule has 1 unspecified atom stereocenters. The topological polar surface area (TPSA) is 29.1 Å². The molecule has 0 saturated carbocycles. The second kappa shape index (κ2) is 7.10. The van der Waals surface area contributed by atoms with Gasteiger partial charge in [0.2, 0.25) is 0 Å². The van der Waals surface area contributed by atoms with Crippen LogP contribution >= 0.6 is 27.5 Å². The molecule has 2 aromatic rings. The van der Waals surface area contributed by atoms with Crippen LogP contribution in [-0.4, -0.2) is 11.9 Å². The number of carbonyl (C=O) groups is 1. The standard InChI is InChI=1S/C17H17BrClNO/c1-11-3-8-15(16(18)9-11)17(21)20-12(2)10-13-4-6-14(19)7-5-13/h3-9,12H,10H2,1-2H3,(H,20,21). The maximum absolute atomic E-state index is 12.3. The van der Waals surface area contributed by atoms with Crippen molar-refractivity contribution in [1.82, 2.24) is 5.32 Å². The van der Waals surface area contributed by atoms with Crippen molar-refractivity contribution in [3.63, 3.8) is 0 Å². The maximum atomic E-state index is 12.3. The molecule has 0 bridgehead atoms. The highest BCUT2D eigenvalue weighted by molar-refractivity contribution is 9.10. The van der Waals surface area contributed by atoms with E-state index >= 15 is 0 Å². The van der Waals surface area contributed by atoms with E-state index in [1.165, 1.54) is 0 Å². The second-order valence-corrected chi connectivity index (χ2v) is 6.48. The molecule has 2 aromatic carbocycles. The average Bonchev–Trinajstić information content (AvgIpc) is 2.41. The number of amides is 1. The molecule has 0 aliphatic rings. The summed E-state index contributed by atoms with van der Waals surface area (Å²) in [6.45, 7) is 3.99. The lowest BCUT2D eigenvalue weighted by atomic mass is 10.1. The molecule has 2 nitrogen and oxygen atoms in total. The third-order valence-electron chi connectivity index (χ3n) is 3.20. The fraction of sp³-hybridized carbons (Fsp3) is 0.235. The van der Waals surface area contributed by atoms with E-state index in [9.17, 15) is 4.79 Å². The number of halogens is 2. The lowest BCUT2D eigenvalue weighted by Crippen LogP contribution is -2.34. The van der Waals surface area contributed by atoms with Gasteiger partial charge >= 0.3 is 0 Å². The first kappa shape index (κ1) is 16.1. The minimum Gasteiger partial charge on any atom is -0.349 e. The molecule has 21 heavy (non-hydrogen) atoms. The van der Waals surface area contributed by atoms with Crippen LogP contribution in [0, 0.1) is 6.92 Å². The van der Waals surface area contributed by atoms with Gasteiger partial charge in [-0.2, -0.15) is 0 Å². The smallest absolute Gasteiger partial charge is 0.252 e. The molecule has 0 aliphatic heterocycles. The number of nitrogens with one attached hydrogen (secondary N) is 1. The van der Waals surface area contributed by atoms with E-state index < -0.39 is 0 Å². The Morgan fingerprint density at radius 1 is 1.24 bits per heavy atom. The van der Waals surface area contributed by atoms with Gasteiger partial charge in [-0.3, -0.25) is 4.79 Å². The molecule has 4 heteroatoms. The number of benzene rings is 2. The van der Waals surface area contributed by atoms with Crippen molar-refractivity contribution >= 4 is 33.4 Å². The summed E-state index contributed by atoms with van der Waals surface area (Å²) in [6, 6.07) is 13.4. The lowest BCUT2D eigenvalue weighted by molar-refractivity contribution is 0.0939. The minimum atomic E-state index is -0.0664. The third kappa shape index (κ3) is 4.58. The van der Waals surface area contributed by atoms with Crippen LogP contribution < -0.4 is 5.32 Å². The zero-order valence-electron chi connectivity index (χ0n) is 12.0. The van der Waals surface area contributed by atoms with E-state index in [0.29, 0.717) is 5.56 Å². The maximum Gasteiger partial charge on any atom is 0.252 e. The van der Waals surface area contributed by atoms with E-state index in [1.807, 2.05) is 56.3 Å². The van der Waals surface area contributed by atoms with E-state index in [2.05, 4.69) is 21.2 Å². The Balaban J connectivity index is 2.00. The summed E-state index contributed by atoms with van der Waals surface area (Å²) in [6.07, 6.45) is 0.770. The Morgan fingerprint density at radius 3 is 2.52 bits per heavy atom. The van der Waals surface area contributed by atoms with Gasteiger partial charge in [-0.15, -0.1) is 0 Å². The second-order valence-electron chi connectivity index (χ2n) is 5.19. The lowest BCUT2D eigenvalue weighted by Gasteiger charge is -2.15. The zero-order valence-corrected chi connectivity index (χ0v) is 14.3. The number of rotatable bonds is 4. The van der Waals surface area contributed by atoms with E-state index in [0.717, 1.165) is 27.0 Å². The molecule has 1 atom stereocenters. The molecule has 0 spiro atoms. The van der Waals surface area contributed by atoms with Gasteiger partial charge in [-0.1, -0.05) is 29.8 Å². The summed E-state index contributed by atoms with van der Waals surface area (Å²) >= 11 is 9.30. The van der Waals surface area contributed by atoms with E-state index in [1.54, 1.807) is 0 Å². The minimum absolute atomic E-state index is 0.0480. The van der Waals surface area contributed by atoms with Crippen molar-refractivity contribution in [3.05, 3.63) is 68.7 Å². The monoisotopic (exact) mass is 365 g/mol. The molecular weight excluding hydrogens is 350 g/mol. The SMILES string of the molecule is Cc1ccc(C(=O)NC(C)Cc2ccc(Cl)cc2)c(Br)c1. The van der Waals surface area contributed by atoms with Gasteiger partial charge in [0.05, 0.1) is 5.56 Å². The predicted octanol–water partition coefficient (Wildman–Crippen LogP) is 4.77. The third-order valence-corrected chi connectivity index (χ3v) is 4.11. The first-order valence-electron chi connectivity index (χ1n) is 6.77.